The van der Waals surface area contributed by atoms with Gasteiger partial charge in [0, 0.05) is 17.2 Å². The number of ether oxygens (including phenoxy) is 2. The van der Waals surface area contributed by atoms with Gasteiger partial charge in [0.15, 0.2) is 0 Å². The normalized spacial score (nSPS) is 10.2. The van der Waals surface area contributed by atoms with E-state index < -0.39 is 5.82 Å². The van der Waals surface area contributed by atoms with Gasteiger partial charge < -0.3 is 15.2 Å². The third kappa shape index (κ3) is 3.64. The van der Waals surface area contributed by atoms with Gasteiger partial charge in [0.25, 0.3) is 0 Å². The lowest BCUT2D eigenvalue weighted by atomic mass is 10.2. The van der Waals surface area contributed by atoms with Crippen molar-refractivity contribution in [2.45, 2.75) is 6.61 Å². The first-order valence-electron chi connectivity index (χ1n) is 6.10. The minimum absolute atomic E-state index is 0.0108. The van der Waals surface area contributed by atoms with E-state index in [1.807, 2.05) is 0 Å². The van der Waals surface area contributed by atoms with Crippen molar-refractivity contribution in [1.82, 2.24) is 0 Å². The third-order valence-electron chi connectivity index (χ3n) is 2.85. The molecule has 0 saturated carbocycles. The molecule has 0 amide bonds. The van der Waals surface area contributed by atoms with Crippen LogP contribution in [0, 0.1) is 11.2 Å². The molecule has 2 rings (SSSR count). The Balaban J connectivity index is 2.21. The fourth-order valence-electron chi connectivity index (χ4n) is 1.75. The molecule has 2 aromatic rings. The van der Waals surface area contributed by atoms with Crippen molar-refractivity contribution in [2.24, 2.45) is 5.73 Å². The van der Waals surface area contributed by atoms with Crippen LogP contribution in [0.4, 0.5) is 4.39 Å². The summed E-state index contributed by atoms with van der Waals surface area (Å²) in [5.74, 6) is 0.324. The van der Waals surface area contributed by atoms with E-state index in [2.05, 4.69) is 0 Å². The molecule has 6 heteroatoms. The topological polar surface area (TPSA) is 68.3 Å². The van der Waals surface area contributed by atoms with Crippen LogP contribution in [-0.2, 0) is 6.61 Å². The summed E-state index contributed by atoms with van der Waals surface area (Å²) in [4.78, 5) is 0. The number of rotatable bonds is 5. The summed E-state index contributed by atoms with van der Waals surface area (Å²) < 4.78 is 24.4. The zero-order valence-electron chi connectivity index (χ0n) is 11.3. The molecule has 0 fully saturated rings. The van der Waals surface area contributed by atoms with Crippen molar-refractivity contribution < 1.29 is 13.9 Å². The molecule has 0 aliphatic heterocycles. The van der Waals surface area contributed by atoms with E-state index in [4.69, 9.17) is 32.2 Å². The number of hydrogen-bond acceptors (Lipinski definition) is 3. The zero-order chi connectivity index (χ0) is 15.4. The van der Waals surface area contributed by atoms with Crippen LogP contribution in [0.2, 0.25) is 5.02 Å². The molecule has 0 heterocycles. The van der Waals surface area contributed by atoms with Crippen LogP contribution in [0.25, 0.3) is 0 Å². The molecule has 0 aromatic heterocycles. The van der Waals surface area contributed by atoms with Crippen LogP contribution >= 0.6 is 11.6 Å². The van der Waals surface area contributed by atoms with Gasteiger partial charge in [0.05, 0.1) is 12.1 Å². The van der Waals surface area contributed by atoms with Gasteiger partial charge in [-0.3, -0.25) is 5.41 Å². The van der Waals surface area contributed by atoms with E-state index in [-0.39, 0.29) is 17.5 Å². The molecule has 3 N–H and O–H groups in total. The number of nitrogens with one attached hydrogen (secondary N) is 1. The quantitative estimate of drug-likeness (QED) is 0.657. The van der Waals surface area contributed by atoms with Crippen molar-refractivity contribution in [3.8, 4) is 11.5 Å². The Morgan fingerprint density at radius 3 is 2.67 bits per heavy atom. The van der Waals surface area contributed by atoms with Gasteiger partial charge in [0.1, 0.15) is 29.8 Å². The number of hydrogen-bond donors (Lipinski definition) is 2. The Labute approximate surface area is 126 Å². The monoisotopic (exact) mass is 308 g/mol. The van der Waals surface area contributed by atoms with Crippen LogP contribution in [0.5, 0.6) is 11.5 Å². The fraction of sp³-hybridized carbons (Fsp3) is 0.133. The summed E-state index contributed by atoms with van der Waals surface area (Å²) in [5.41, 5.74) is 6.26. The highest BCUT2D eigenvalue weighted by molar-refractivity contribution is 6.30. The first-order chi connectivity index (χ1) is 10.0. The van der Waals surface area contributed by atoms with Gasteiger partial charge in [0.2, 0.25) is 0 Å². The van der Waals surface area contributed by atoms with Crippen molar-refractivity contribution in [3.05, 3.63) is 58.4 Å². The first kappa shape index (κ1) is 15.1. The van der Waals surface area contributed by atoms with Gasteiger partial charge in [-0.2, -0.15) is 0 Å². The van der Waals surface area contributed by atoms with Crippen LogP contribution in [0.15, 0.2) is 36.4 Å². The Hall–Kier alpha value is -2.27. The molecule has 0 spiro atoms. The molecule has 4 nitrogen and oxygen atoms in total. The van der Waals surface area contributed by atoms with Gasteiger partial charge in [-0.1, -0.05) is 23.7 Å². The molecule has 110 valence electrons. The smallest absolute Gasteiger partial charge is 0.148 e. The van der Waals surface area contributed by atoms with Gasteiger partial charge in [-0.15, -0.1) is 0 Å². The first-order valence-corrected chi connectivity index (χ1v) is 6.48. The van der Waals surface area contributed by atoms with Crippen molar-refractivity contribution >= 4 is 17.4 Å². The Kier molecular flexibility index (Phi) is 4.65. The standard InChI is InChI=1S/C15H14ClFN2O2/c1-20-11-5-10(15(18)19)6-12(7-11)21-8-9-3-2-4-13(16)14(9)17/h2-7H,8H2,1H3,(H3,18,19). The summed E-state index contributed by atoms with van der Waals surface area (Å²) in [6.07, 6.45) is 0. The van der Waals surface area contributed by atoms with E-state index in [0.717, 1.165) is 0 Å². The molecule has 0 bridgehead atoms. The molecule has 0 saturated heterocycles. The third-order valence-corrected chi connectivity index (χ3v) is 3.14. The molecule has 0 aliphatic carbocycles. The maximum atomic E-state index is 13.8. The number of amidine groups is 1. The van der Waals surface area contributed by atoms with Crippen LogP contribution < -0.4 is 15.2 Å². The predicted molar refractivity (Wildman–Crippen MR) is 79.8 cm³/mol. The lowest BCUT2D eigenvalue weighted by molar-refractivity contribution is 0.297. The van der Waals surface area contributed by atoms with Crippen molar-refractivity contribution in [1.29, 1.82) is 5.41 Å². The molecule has 21 heavy (non-hydrogen) atoms. The highest BCUT2D eigenvalue weighted by atomic mass is 35.5. The lowest BCUT2D eigenvalue weighted by Gasteiger charge is -2.11. The maximum Gasteiger partial charge on any atom is 0.148 e. The minimum atomic E-state index is -0.506. The van der Waals surface area contributed by atoms with E-state index in [1.54, 1.807) is 30.3 Å². The second-order valence-electron chi connectivity index (χ2n) is 4.31. The highest BCUT2D eigenvalue weighted by Gasteiger charge is 2.09. The van der Waals surface area contributed by atoms with Gasteiger partial charge in [-0.05, 0) is 18.2 Å². The summed E-state index contributed by atoms with van der Waals surface area (Å²) in [7, 11) is 1.50. The predicted octanol–water partition coefficient (Wildman–Crippen LogP) is 3.35. The molecule has 0 radical (unpaired) electrons. The van der Waals surface area contributed by atoms with Gasteiger partial charge in [-0.25, -0.2) is 4.39 Å². The van der Waals surface area contributed by atoms with E-state index >= 15 is 0 Å². The molecule has 2 aromatic carbocycles. The average Bonchev–Trinajstić information content (AvgIpc) is 2.48. The summed E-state index contributed by atoms with van der Waals surface area (Å²) >= 11 is 5.71. The summed E-state index contributed by atoms with van der Waals surface area (Å²) in [6.45, 7) is 0.0108. The zero-order valence-corrected chi connectivity index (χ0v) is 12.1. The van der Waals surface area contributed by atoms with Crippen LogP contribution in [0.3, 0.4) is 0 Å². The number of benzene rings is 2. The second kappa shape index (κ2) is 6.45. The molecule has 0 aliphatic rings. The lowest BCUT2D eigenvalue weighted by Crippen LogP contribution is -2.11. The Bertz CT molecular complexity index is 677. The largest absolute Gasteiger partial charge is 0.497 e. The maximum absolute atomic E-state index is 13.8. The molecular weight excluding hydrogens is 295 g/mol. The minimum Gasteiger partial charge on any atom is -0.497 e. The summed E-state index contributed by atoms with van der Waals surface area (Å²) in [6, 6.07) is 9.56. The SMILES string of the molecule is COc1cc(OCc2cccc(Cl)c2F)cc(C(=N)N)c1. The van der Waals surface area contributed by atoms with E-state index in [9.17, 15) is 4.39 Å². The molecule has 0 unspecified atom stereocenters. The van der Waals surface area contributed by atoms with Crippen LogP contribution in [-0.4, -0.2) is 12.9 Å². The van der Waals surface area contributed by atoms with Crippen molar-refractivity contribution in [2.75, 3.05) is 7.11 Å². The fourth-order valence-corrected chi connectivity index (χ4v) is 1.94. The second-order valence-corrected chi connectivity index (χ2v) is 4.72. The van der Waals surface area contributed by atoms with Crippen molar-refractivity contribution in [3.63, 3.8) is 0 Å². The van der Waals surface area contributed by atoms with E-state index in [1.165, 1.54) is 13.2 Å². The molecule has 0 atom stereocenters. The molecular formula is C15H14ClFN2O2. The Morgan fingerprint density at radius 1 is 1.29 bits per heavy atom. The number of halogens is 2. The van der Waals surface area contributed by atoms with E-state index in [0.29, 0.717) is 22.6 Å². The Morgan fingerprint density at radius 2 is 2.00 bits per heavy atom. The number of nitrogen functional groups attached to an aromatic ring is 1. The summed E-state index contributed by atoms with van der Waals surface area (Å²) in [5, 5.41) is 7.50. The highest BCUT2D eigenvalue weighted by Crippen LogP contribution is 2.24. The van der Waals surface area contributed by atoms with Gasteiger partial charge >= 0.3 is 0 Å². The average molecular weight is 309 g/mol. The number of methoxy groups -OCH3 is 1. The van der Waals surface area contributed by atoms with Crippen LogP contribution in [0.1, 0.15) is 11.1 Å². The number of nitrogens with two attached hydrogens (primary N) is 1.